The standard InChI is InChI=1S/C13H24N2O4/c1-12(2)9(6-13(12,3)19-5)15(4)8-10(16)14-7-11(17)18/h9H,6-8H2,1-5H3,(H,14,16)(H,17,18). The molecule has 0 aliphatic heterocycles. The van der Waals surface area contributed by atoms with Gasteiger partial charge in [-0.1, -0.05) is 13.8 Å². The smallest absolute Gasteiger partial charge is 0.322 e. The molecule has 0 heterocycles. The van der Waals surface area contributed by atoms with Gasteiger partial charge in [-0.15, -0.1) is 0 Å². The molecule has 0 radical (unpaired) electrons. The summed E-state index contributed by atoms with van der Waals surface area (Å²) in [5, 5.41) is 10.9. The molecule has 0 aromatic heterocycles. The fraction of sp³-hybridized carbons (Fsp3) is 0.846. The van der Waals surface area contributed by atoms with Crippen LogP contribution in [0.3, 0.4) is 0 Å². The van der Waals surface area contributed by atoms with Crippen LogP contribution in [0, 0.1) is 5.41 Å². The van der Waals surface area contributed by atoms with Crippen molar-refractivity contribution in [2.45, 2.75) is 38.8 Å². The fourth-order valence-corrected chi connectivity index (χ4v) is 2.73. The van der Waals surface area contributed by atoms with Crippen molar-refractivity contribution >= 4 is 11.9 Å². The molecule has 6 heteroatoms. The monoisotopic (exact) mass is 272 g/mol. The average Bonchev–Trinajstić information content (AvgIpc) is 2.32. The van der Waals surface area contributed by atoms with E-state index >= 15 is 0 Å². The van der Waals surface area contributed by atoms with Crippen molar-refractivity contribution < 1.29 is 19.4 Å². The molecule has 1 fully saturated rings. The summed E-state index contributed by atoms with van der Waals surface area (Å²) < 4.78 is 5.55. The first-order chi connectivity index (χ1) is 8.64. The van der Waals surface area contributed by atoms with Crippen molar-refractivity contribution in [1.29, 1.82) is 0 Å². The summed E-state index contributed by atoms with van der Waals surface area (Å²) in [6.45, 7) is 6.17. The van der Waals surface area contributed by atoms with Gasteiger partial charge in [0.1, 0.15) is 6.54 Å². The zero-order valence-electron chi connectivity index (χ0n) is 12.3. The van der Waals surface area contributed by atoms with Crippen LogP contribution in [0.25, 0.3) is 0 Å². The Morgan fingerprint density at radius 1 is 1.42 bits per heavy atom. The highest BCUT2D eigenvalue weighted by Gasteiger charge is 2.58. The van der Waals surface area contributed by atoms with Gasteiger partial charge in [0.2, 0.25) is 5.91 Å². The molecule has 1 aliphatic rings. The summed E-state index contributed by atoms with van der Waals surface area (Å²) in [5.41, 5.74) is -0.229. The molecule has 1 aliphatic carbocycles. The van der Waals surface area contributed by atoms with Gasteiger partial charge in [-0.2, -0.15) is 0 Å². The van der Waals surface area contributed by atoms with E-state index in [1.807, 2.05) is 11.9 Å². The van der Waals surface area contributed by atoms with Gasteiger partial charge in [-0.25, -0.2) is 0 Å². The van der Waals surface area contributed by atoms with Crippen molar-refractivity contribution in [3.05, 3.63) is 0 Å². The zero-order chi connectivity index (χ0) is 14.8. The Kier molecular flexibility index (Phi) is 4.58. The van der Waals surface area contributed by atoms with Gasteiger partial charge in [0, 0.05) is 18.6 Å². The maximum atomic E-state index is 11.6. The molecule has 1 rings (SSSR count). The van der Waals surface area contributed by atoms with Crippen LogP contribution in [0.4, 0.5) is 0 Å². The Balaban J connectivity index is 2.50. The van der Waals surface area contributed by atoms with E-state index in [0.717, 1.165) is 6.42 Å². The summed E-state index contributed by atoms with van der Waals surface area (Å²) >= 11 is 0. The molecule has 0 aromatic rings. The molecule has 2 atom stereocenters. The Labute approximate surface area is 114 Å². The van der Waals surface area contributed by atoms with E-state index in [2.05, 4.69) is 26.1 Å². The lowest BCUT2D eigenvalue weighted by molar-refractivity contribution is -0.205. The highest BCUT2D eigenvalue weighted by molar-refractivity contribution is 5.82. The van der Waals surface area contributed by atoms with Crippen LogP contribution in [0.15, 0.2) is 0 Å². The van der Waals surface area contributed by atoms with Crippen LogP contribution in [-0.4, -0.2) is 60.8 Å². The van der Waals surface area contributed by atoms with E-state index < -0.39 is 5.97 Å². The van der Waals surface area contributed by atoms with Crippen LogP contribution in [0.2, 0.25) is 0 Å². The minimum Gasteiger partial charge on any atom is -0.480 e. The van der Waals surface area contributed by atoms with Crippen LogP contribution >= 0.6 is 0 Å². The second kappa shape index (κ2) is 5.46. The normalized spacial score (nSPS) is 28.8. The maximum Gasteiger partial charge on any atom is 0.322 e. The Bertz CT molecular complexity index is 370. The number of rotatable bonds is 6. The minimum absolute atomic E-state index is 0.0520. The number of likely N-dealkylation sites (N-methyl/N-ethyl adjacent to an activating group) is 1. The first-order valence-electron chi connectivity index (χ1n) is 6.38. The van der Waals surface area contributed by atoms with E-state index in [1.165, 1.54) is 0 Å². The second-order valence-electron chi connectivity index (χ2n) is 5.96. The Morgan fingerprint density at radius 2 is 2.00 bits per heavy atom. The Morgan fingerprint density at radius 3 is 2.42 bits per heavy atom. The third-order valence-electron chi connectivity index (χ3n) is 4.59. The summed E-state index contributed by atoms with van der Waals surface area (Å²) in [7, 11) is 3.58. The van der Waals surface area contributed by atoms with Gasteiger partial charge < -0.3 is 15.2 Å². The predicted molar refractivity (Wildman–Crippen MR) is 70.9 cm³/mol. The van der Waals surface area contributed by atoms with Gasteiger partial charge in [0.25, 0.3) is 0 Å². The topological polar surface area (TPSA) is 78.9 Å². The molecule has 2 unspecified atom stereocenters. The predicted octanol–water partition coefficient (Wildman–Crippen LogP) is 0.323. The summed E-state index contributed by atoms with van der Waals surface area (Å²) in [4.78, 5) is 23.9. The molecular formula is C13H24N2O4. The lowest BCUT2D eigenvalue weighted by Crippen LogP contribution is -2.68. The third kappa shape index (κ3) is 3.06. The summed E-state index contributed by atoms with van der Waals surface area (Å²) in [5.74, 6) is -1.31. The third-order valence-corrected chi connectivity index (χ3v) is 4.59. The van der Waals surface area contributed by atoms with Crippen molar-refractivity contribution in [3.8, 4) is 0 Å². The highest BCUT2D eigenvalue weighted by Crippen LogP contribution is 2.53. The number of ether oxygens (including phenoxy) is 1. The lowest BCUT2D eigenvalue weighted by Gasteiger charge is -2.61. The maximum absolute atomic E-state index is 11.6. The largest absolute Gasteiger partial charge is 0.480 e. The molecular weight excluding hydrogens is 248 g/mol. The van der Waals surface area contributed by atoms with Gasteiger partial charge in [-0.05, 0) is 20.4 Å². The molecule has 6 nitrogen and oxygen atoms in total. The summed E-state index contributed by atoms with van der Waals surface area (Å²) in [6.07, 6.45) is 0.860. The van der Waals surface area contributed by atoms with Crippen LogP contribution in [0.5, 0.6) is 0 Å². The second-order valence-corrected chi connectivity index (χ2v) is 5.96. The van der Waals surface area contributed by atoms with E-state index in [1.54, 1.807) is 7.11 Å². The first kappa shape index (κ1) is 15.9. The fourth-order valence-electron chi connectivity index (χ4n) is 2.73. The molecule has 0 saturated heterocycles. The SMILES string of the molecule is COC1(C)CC(N(C)CC(=O)NCC(=O)O)C1(C)C. The number of amides is 1. The van der Waals surface area contributed by atoms with Crippen molar-refractivity contribution in [3.63, 3.8) is 0 Å². The van der Waals surface area contributed by atoms with Gasteiger partial charge >= 0.3 is 5.97 Å². The number of carbonyl (C=O) groups excluding carboxylic acids is 1. The van der Waals surface area contributed by atoms with Gasteiger partial charge in [0.05, 0.1) is 12.1 Å². The van der Waals surface area contributed by atoms with Gasteiger partial charge in [0.15, 0.2) is 0 Å². The molecule has 0 bridgehead atoms. The number of hydrogen-bond donors (Lipinski definition) is 2. The zero-order valence-corrected chi connectivity index (χ0v) is 12.3. The lowest BCUT2D eigenvalue weighted by atomic mass is 9.55. The number of methoxy groups -OCH3 is 1. The van der Waals surface area contributed by atoms with Crippen LogP contribution in [0.1, 0.15) is 27.2 Å². The van der Waals surface area contributed by atoms with Crippen molar-refractivity contribution in [2.75, 3.05) is 27.2 Å². The number of carboxylic acid groups (broad SMARTS) is 1. The minimum atomic E-state index is -1.04. The summed E-state index contributed by atoms with van der Waals surface area (Å²) in [6, 6.07) is 0.244. The van der Waals surface area contributed by atoms with Crippen molar-refractivity contribution in [1.82, 2.24) is 10.2 Å². The van der Waals surface area contributed by atoms with E-state index in [-0.39, 0.29) is 36.1 Å². The van der Waals surface area contributed by atoms with E-state index in [0.29, 0.717) is 0 Å². The highest BCUT2D eigenvalue weighted by atomic mass is 16.5. The first-order valence-corrected chi connectivity index (χ1v) is 6.38. The number of hydrogen-bond acceptors (Lipinski definition) is 4. The number of nitrogens with one attached hydrogen (secondary N) is 1. The number of carboxylic acids is 1. The number of carbonyl (C=O) groups is 2. The Hall–Kier alpha value is -1.14. The molecule has 1 amide bonds. The molecule has 19 heavy (non-hydrogen) atoms. The van der Waals surface area contributed by atoms with E-state index in [9.17, 15) is 9.59 Å². The molecule has 0 aromatic carbocycles. The molecule has 0 spiro atoms. The van der Waals surface area contributed by atoms with Crippen molar-refractivity contribution in [2.24, 2.45) is 5.41 Å². The average molecular weight is 272 g/mol. The molecule has 110 valence electrons. The molecule has 1 saturated carbocycles. The number of aliphatic carboxylic acids is 1. The molecule has 2 N–H and O–H groups in total. The van der Waals surface area contributed by atoms with Crippen LogP contribution in [-0.2, 0) is 14.3 Å². The van der Waals surface area contributed by atoms with Crippen LogP contribution < -0.4 is 5.32 Å². The number of nitrogens with zero attached hydrogens (tertiary/aromatic N) is 1. The van der Waals surface area contributed by atoms with E-state index in [4.69, 9.17) is 9.84 Å². The van der Waals surface area contributed by atoms with Gasteiger partial charge in [-0.3, -0.25) is 14.5 Å². The quantitative estimate of drug-likeness (QED) is 0.728.